The molecule has 1 aliphatic rings. The number of hydrogen-bond acceptors (Lipinski definition) is 2. The summed E-state index contributed by atoms with van der Waals surface area (Å²) in [6.07, 6.45) is 4.13. The molecule has 1 saturated heterocycles. The number of piperidine rings is 1. The van der Waals surface area contributed by atoms with Crippen molar-refractivity contribution in [1.29, 1.82) is 0 Å². The van der Waals surface area contributed by atoms with Crippen LogP contribution in [0.2, 0.25) is 5.02 Å². The van der Waals surface area contributed by atoms with Crippen molar-refractivity contribution in [2.75, 3.05) is 19.6 Å². The van der Waals surface area contributed by atoms with Crippen LogP contribution in [0.15, 0.2) is 84.9 Å². The molecule has 0 atom stereocenters. The van der Waals surface area contributed by atoms with Crippen molar-refractivity contribution < 1.29 is 9.59 Å². The van der Waals surface area contributed by atoms with Gasteiger partial charge in [-0.2, -0.15) is 0 Å². The molecule has 0 bridgehead atoms. The summed E-state index contributed by atoms with van der Waals surface area (Å²) in [6, 6.07) is 28.0. The van der Waals surface area contributed by atoms with Gasteiger partial charge in [-0.1, -0.05) is 90.5 Å². The summed E-state index contributed by atoms with van der Waals surface area (Å²) in [5.74, 6) is 0.190. The molecule has 0 radical (unpaired) electrons. The molecule has 3 aromatic rings. The Morgan fingerprint density at radius 2 is 1.46 bits per heavy atom. The van der Waals surface area contributed by atoms with Gasteiger partial charge < -0.3 is 10.2 Å². The van der Waals surface area contributed by atoms with Crippen LogP contribution in [0.4, 0.5) is 0 Å². The van der Waals surface area contributed by atoms with Crippen molar-refractivity contribution in [1.82, 2.24) is 10.2 Å². The highest BCUT2D eigenvalue weighted by atomic mass is 35.5. The Hall–Kier alpha value is -3.11. The molecular formula is C30H33ClN2O2. The summed E-state index contributed by atoms with van der Waals surface area (Å²) in [7, 11) is 0. The van der Waals surface area contributed by atoms with Crippen LogP contribution in [-0.2, 0) is 27.8 Å². The summed E-state index contributed by atoms with van der Waals surface area (Å²) in [5, 5.41) is 3.90. The van der Waals surface area contributed by atoms with E-state index in [1.165, 1.54) is 5.56 Å². The van der Waals surface area contributed by atoms with E-state index in [4.69, 9.17) is 11.6 Å². The molecular weight excluding hydrogens is 456 g/mol. The Kier molecular flexibility index (Phi) is 8.59. The van der Waals surface area contributed by atoms with E-state index in [0.29, 0.717) is 50.3 Å². The highest BCUT2D eigenvalue weighted by molar-refractivity contribution is 6.31. The van der Waals surface area contributed by atoms with Crippen LogP contribution in [0, 0.1) is 0 Å². The summed E-state index contributed by atoms with van der Waals surface area (Å²) in [4.78, 5) is 28.4. The largest absolute Gasteiger partial charge is 0.355 e. The molecule has 0 aromatic heterocycles. The van der Waals surface area contributed by atoms with Crippen LogP contribution in [0.5, 0.6) is 0 Å². The van der Waals surface area contributed by atoms with Crippen molar-refractivity contribution in [3.63, 3.8) is 0 Å². The minimum absolute atomic E-state index is 0.0694. The van der Waals surface area contributed by atoms with E-state index in [2.05, 4.69) is 17.4 Å². The number of nitrogens with zero attached hydrogens (tertiary/aromatic N) is 1. The number of nitrogens with one attached hydrogen (secondary N) is 1. The van der Waals surface area contributed by atoms with Gasteiger partial charge in [-0.05, 0) is 54.9 Å². The van der Waals surface area contributed by atoms with Crippen molar-refractivity contribution in [3.05, 3.63) is 107 Å². The predicted octanol–water partition coefficient (Wildman–Crippen LogP) is 5.58. The van der Waals surface area contributed by atoms with Gasteiger partial charge in [0.15, 0.2) is 0 Å². The first-order valence-corrected chi connectivity index (χ1v) is 12.9. The molecule has 1 aliphatic heterocycles. The Bertz CT molecular complexity index is 1110. The maximum absolute atomic E-state index is 13.5. The summed E-state index contributed by atoms with van der Waals surface area (Å²) < 4.78 is 0. The van der Waals surface area contributed by atoms with Crippen molar-refractivity contribution >= 4 is 23.4 Å². The zero-order valence-corrected chi connectivity index (χ0v) is 20.8. The molecule has 4 nitrogen and oxygen atoms in total. The fraction of sp³-hybridized carbons (Fsp3) is 0.333. The average molecular weight is 489 g/mol. The van der Waals surface area contributed by atoms with Gasteiger partial charge in [-0.15, -0.1) is 0 Å². The maximum Gasteiger partial charge on any atom is 0.230 e. The predicted molar refractivity (Wildman–Crippen MR) is 141 cm³/mol. The van der Waals surface area contributed by atoms with E-state index >= 15 is 0 Å². The van der Waals surface area contributed by atoms with E-state index in [-0.39, 0.29) is 11.8 Å². The summed E-state index contributed by atoms with van der Waals surface area (Å²) in [5.41, 5.74) is 2.70. The Morgan fingerprint density at radius 1 is 0.829 bits per heavy atom. The minimum Gasteiger partial charge on any atom is -0.355 e. The molecule has 1 N–H and O–H groups in total. The van der Waals surface area contributed by atoms with Crippen LogP contribution < -0.4 is 5.32 Å². The van der Waals surface area contributed by atoms with Crippen LogP contribution in [0.3, 0.4) is 0 Å². The van der Waals surface area contributed by atoms with Crippen molar-refractivity contribution in [2.45, 2.75) is 43.9 Å². The number of likely N-dealkylation sites (tertiary alicyclic amines) is 1. The fourth-order valence-electron chi connectivity index (χ4n) is 4.95. The summed E-state index contributed by atoms with van der Waals surface area (Å²) in [6.45, 7) is 1.80. The van der Waals surface area contributed by atoms with Crippen molar-refractivity contribution in [3.8, 4) is 0 Å². The third-order valence-corrected chi connectivity index (χ3v) is 7.44. The average Bonchev–Trinajstić information content (AvgIpc) is 2.91. The second-order valence-electron chi connectivity index (χ2n) is 9.27. The highest BCUT2D eigenvalue weighted by Gasteiger charge is 2.43. The van der Waals surface area contributed by atoms with Gasteiger partial charge in [0.1, 0.15) is 0 Å². The standard InChI is InChI=1S/C30H33ClN2O2/c31-27-16-8-7-13-25(27)17-18-28(34)33-22-19-30(20-23-33,26-14-5-2-6-15-26)29(35)32-21-9-12-24-10-3-1-4-11-24/h1-8,10-11,13-16H,9,12,17-23H2,(H,32,35). The van der Waals surface area contributed by atoms with Gasteiger partial charge >= 0.3 is 0 Å². The topological polar surface area (TPSA) is 49.4 Å². The number of carbonyl (C=O) groups is 2. The van der Waals surface area contributed by atoms with Gasteiger partial charge in [0.05, 0.1) is 5.41 Å². The van der Waals surface area contributed by atoms with Crippen LogP contribution in [0.25, 0.3) is 0 Å². The van der Waals surface area contributed by atoms with Gasteiger partial charge in [0, 0.05) is 31.1 Å². The molecule has 0 saturated carbocycles. The van der Waals surface area contributed by atoms with Gasteiger partial charge in [0.2, 0.25) is 11.8 Å². The number of amides is 2. The number of carbonyl (C=O) groups excluding carboxylic acids is 2. The van der Waals surface area contributed by atoms with Gasteiger partial charge in [-0.25, -0.2) is 0 Å². The van der Waals surface area contributed by atoms with Crippen LogP contribution >= 0.6 is 11.6 Å². The molecule has 182 valence electrons. The van der Waals surface area contributed by atoms with Gasteiger partial charge in [-0.3, -0.25) is 9.59 Å². The number of benzene rings is 3. The van der Waals surface area contributed by atoms with Crippen LogP contribution in [-0.4, -0.2) is 36.3 Å². The lowest BCUT2D eigenvalue weighted by Gasteiger charge is -2.41. The molecule has 1 heterocycles. The summed E-state index contributed by atoms with van der Waals surface area (Å²) >= 11 is 6.25. The van der Waals surface area contributed by atoms with E-state index in [1.54, 1.807) is 0 Å². The lowest BCUT2D eigenvalue weighted by molar-refractivity contribution is -0.136. The van der Waals surface area contributed by atoms with Gasteiger partial charge in [0.25, 0.3) is 0 Å². The molecule has 0 spiro atoms. The SMILES string of the molecule is O=C(CCc1ccccc1Cl)N1CCC(C(=O)NCCCc2ccccc2)(c2ccccc2)CC1. The van der Waals surface area contributed by atoms with E-state index < -0.39 is 5.41 Å². The van der Waals surface area contributed by atoms with Crippen molar-refractivity contribution in [2.24, 2.45) is 0 Å². The molecule has 0 unspecified atom stereocenters. The first-order valence-electron chi connectivity index (χ1n) is 12.5. The van der Waals surface area contributed by atoms with E-state index in [9.17, 15) is 9.59 Å². The lowest BCUT2D eigenvalue weighted by Crippen LogP contribution is -2.53. The molecule has 0 aliphatic carbocycles. The van der Waals surface area contributed by atoms with E-state index in [0.717, 1.165) is 24.0 Å². The molecule has 1 fully saturated rings. The number of aryl methyl sites for hydroxylation is 2. The maximum atomic E-state index is 13.5. The number of halogens is 1. The first-order chi connectivity index (χ1) is 17.1. The molecule has 2 amide bonds. The smallest absolute Gasteiger partial charge is 0.230 e. The fourth-order valence-corrected chi connectivity index (χ4v) is 5.18. The minimum atomic E-state index is -0.604. The Balaban J connectivity index is 1.35. The molecule has 3 aromatic carbocycles. The normalized spacial score (nSPS) is 14.9. The highest BCUT2D eigenvalue weighted by Crippen LogP contribution is 2.36. The number of hydrogen-bond donors (Lipinski definition) is 1. The number of rotatable bonds is 9. The monoisotopic (exact) mass is 488 g/mol. The molecule has 35 heavy (non-hydrogen) atoms. The second-order valence-corrected chi connectivity index (χ2v) is 9.67. The molecule has 5 heteroatoms. The third kappa shape index (κ3) is 6.32. The lowest BCUT2D eigenvalue weighted by atomic mass is 9.72. The quantitative estimate of drug-likeness (QED) is 0.399. The second kappa shape index (κ2) is 12.0. The Labute approximate surface area is 213 Å². The zero-order valence-electron chi connectivity index (χ0n) is 20.1. The Morgan fingerprint density at radius 3 is 2.14 bits per heavy atom. The zero-order chi connectivity index (χ0) is 24.5. The first kappa shape index (κ1) is 25.0. The van der Waals surface area contributed by atoms with E-state index in [1.807, 2.05) is 77.7 Å². The molecule has 4 rings (SSSR count). The van der Waals surface area contributed by atoms with Crippen LogP contribution in [0.1, 0.15) is 42.4 Å². The third-order valence-electron chi connectivity index (χ3n) is 7.07.